The lowest BCUT2D eigenvalue weighted by molar-refractivity contribution is 0.0940. The number of ether oxygens (including phenoxy) is 1. The van der Waals surface area contributed by atoms with Crippen LogP contribution in [0.15, 0.2) is 48.8 Å². The number of aromatic nitrogens is 3. The van der Waals surface area contributed by atoms with Gasteiger partial charge in [-0.25, -0.2) is 9.37 Å². The third kappa shape index (κ3) is 5.47. The molecule has 2 N–H and O–H groups in total. The highest BCUT2D eigenvalue weighted by atomic mass is 19.1. The predicted molar refractivity (Wildman–Crippen MR) is 126 cm³/mol. The number of nitrogens with one attached hydrogen (secondary N) is 2. The molecule has 9 heteroatoms. The number of piperidine rings is 1. The van der Waals surface area contributed by atoms with Crippen LogP contribution in [0, 0.1) is 17.1 Å². The van der Waals surface area contributed by atoms with Crippen LogP contribution >= 0.6 is 0 Å². The topological polar surface area (TPSA) is 105 Å². The molecule has 0 radical (unpaired) electrons. The van der Waals surface area contributed by atoms with Crippen molar-refractivity contribution < 1.29 is 13.9 Å². The maximum absolute atomic E-state index is 14.0. The summed E-state index contributed by atoms with van der Waals surface area (Å²) in [6, 6.07) is 10.7. The van der Waals surface area contributed by atoms with E-state index in [1.54, 1.807) is 42.3 Å². The monoisotopic (exact) mass is 462 g/mol. The van der Waals surface area contributed by atoms with Crippen molar-refractivity contribution in [3.63, 3.8) is 0 Å². The Morgan fingerprint density at radius 2 is 2.15 bits per heavy atom. The average Bonchev–Trinajstić information content (AvgIpc) is 3.31. The van der Waals surface area contributed by atoms with E-state index in [1.165, 1.54) is 18.3 Å². The third-order valence-corrected chi connectivity index (χ3v) is 5.90. The van der Waals surface area contributed by atoms with Crippen molar-refractivity contribution in [2.24, 2.45) is 0 Å². The number of nitriles is 1. The Hall–Kier alpha value is -3.61. The fourth-order valence-electron chi connectivity index (χ4n) is 4.11. The summed E-state index contributed by atoms with van der Waals surface area (Å²) in [6.07, 6.45) is 6.17. The lowest BCUT2D eigenvalue weighted by atomic mass is 9.91. The Kier molecular flexibility index (Phi) is 7.62. The minimum Gasteiger partial charge on any atom is -0.383 e. The Morgan fingerprint density at radius 1 is 1.32 bits per heavy atom. The maximum Gasteiger partial charge on any atom is 0.207 e. The molecule has 1 aliphatic rings. The van der Waals surface area contributed by atoms with Gasteiger partial charge < -0.3 is 15.4 Å². The van der Waals surface area contributed by atoms with E-state index in [-0.39, 0.29) is 17.6 Å². The molecule has 34 heavy (non-hydrogen) atoms. The number of hydrogen-bond acceptors (Lipinski definition) is 7. The van der Waals surface area contributed by atoms with E-state index in [2.05, 4.69) is 20.7 Å². The molecule has 1 aliphatic heterocycles. The third-order valence-electron chi connectivity index (χ3n) is 5.90. The lowest BCUT2D eigenvalue weighted by Crippen LogP contribution is -2.51. The van der Waals surface area contributed by atoms with E-state index in [9.17, 15) is 9.18 Å². The van der Waals surface area contributed by atoms with Gasteiger partial charge in [0, 0.05) is 31.1 Å². The number of Topliss-reactive ketones (excluding diaryl/α,β-unsaturated/α-hetero) is 1. The molecule has 3 heterocycles. The Balaban J connectivity index is 1.70. The lowest BCUT2D eigenvalue weighted by Gasteiger charge is -2.31. The normalized spacial score (nSPS) is 16.6. The molecule has 4 rings (SSSR count). The highest BCUT2D eigenvalue weighted by Gasteiger charge is 2.33. The van der Waals surface area contributed by atoms with E-state index in [1.807, 2.05) is 6.07 Å². The molecular formula is C25H27FN6O2. The summed E-state index contributed by atoms with van der Waals surface area (Å²) in [6.45, 7) is 1.75. The van der Waals surface area contributed by atoms with Crippen molar-refractivity contribution >= 4 is 11.6 Å². The molecule has 1 unspecified atom stereocenters. The summed E-state index contributed by atoms with van der Waals surface area (Å²) in [5.74, 6) is -0.0193. The summed E-state index contributed by atoms with van der Waals surface area (Å²) < 4.78 is 20.4. The molecule has 0 amide bonds. The number of carbonyl (C=O) groups excluding carboxylic acids is 1. The number of halogens is 1. The molecule has 2 aromatic heterocycles. The highest BCUT2D eigenvalue weighted by Crippen LogP contribution is 2.27. The molecule has 1 fully saturated rings. The van der Waals surface area contributed by atoms with Gasteiger partial charge in [-0.05, 0) is 49.2 Å². The van der Waals surface area contributed by atoms with Gasteiger partial charge in [0.05, 0.1) is 18.7 Å². The van der Waals surface area contributed by atoms with Crippen molar-refractivity contribution in [1.82, 2.24) is 20.1 Å². The fraction of sp³-hybridized carbons (Fsp3) is 0.360. The van der Waals surface area contributed by atoms with Crippen LogP contribution in [0.4, 0.5) is 10.2 Å². The quantitative estimate of drug-likeness (QED) is 0.470. The first-order chi connectivity index (χ1) is 16.6. The molecule has 8 nitrogen and oxygen atoms in total. The van der Waals surface area contributed by atoms with Gasteiger partial charge in [-0.2, -0.15) is 10.4 Å². The van der Waals surface area contributed by atoms with E-state index in [4.69, 9.17) is 10.00 Å². The molecule has 1 aromatic carbocycles. The number of methoxy groups -OCH3 is 1. The molecular weight excluding hydrogens is 435 g/mol. The minimum atomic E-state index is -0.620. The van der Waals surface area contributed by atoms with E-state index in [0.717, 1.165) is 25.8 Å². The summed E-state index contributed by atoms with van der Waals surface area (Å²) in [4.78, 5) is 18.3. The van der Waals surface area contributed by atoms with Crippen LogP contribution in [-0.4, -0.2) is 52.9 Å². The number of ketones is 1. The average molecular weight is 463 g/mol. The van der Waals surface area contributed by atoms with Crippen LogP contribution in [0.5, 0.6) is 0 Å². The highest BCUT2D eigenvalue weighted by molar-refractivity contribution is 6.05. The van der Waals surface area contributed by atoms with Gasteiger partial charge in [-0.3, -0.25) is 9.48 Å². The van der Waals surface area contributed by atoms with Gasteiger partial charge >= 0.3 is 0 Å². The molecule has 0 saturated carbocycles. The second-order valence-electron chi connectivity index (χ2n) is 8.24. The standard InChI is InChI=1S/C25H27FN6O2/c1-34-13-12-32-16-20(18-6-8-19(26)9-7-18)23(31-32)25(33)24(21-4-2-3-11-28-21)30-22-10-5-17(14-27)15-29-22/h5-10,15-16,21,24,28H,2-4,11-13H2,1H3,(H,29,30)/t21?,24-/m0/s1. The maximum atomic E-state index is 14.0. The van der Waals surface area contributed by atoms with Crippen LogP contribution in [0.25, 0.3) is 11.1 Å². The van der Waals surface area contributed by atoms with E-state index >= 15 is 0 Å². The van der Waals surface area contributed by atoms with Crippen LogP contribution in [0.2, 0.25) is 0 Å². The van der Waals surface area contributed by atoms with Crippen LogP contribution in [0.1, 0.15) is 35.3 Å². The zero-order valence-electron chi connectivity index (χ0n) is 19.0. The van der Waals surface area contributed by atoms with Crippen LogP contribution < -0.4 is 10.6 Å². The summed E-state index contributed by atoms with van der Waals surface area (Å²) in [5, 5.41) is 20.4. The summed E-state index contributed by atoms with van der Waals surface area (Å²) in [7, 11) is 1.61. The molecule has 0 bridgehead atoms. The first-order valence-corrected chi connectivity index (χ1v) is 11.3. The number of benzene rings is 1. The van der Waals surface area contributed by atoms with Gasteiger partial charge in [0.1, 0.15) is 29.4 Å². The van der Waals surface area contributed by atoms with Gasteiger partial charge in [0.15, 0.2) is 0 Å². The van der Waals surface area contributed by atoms with Crippen molar-refractivity contribution in [1.29, 1.82) is 5.26 Å². The SMILES string of the molecule is COCCn1cc(-c2ccc(F)cc2)c(C(=O)[C@@H](Nc2ccc(C#N)cn2)C2CCCCN2)n1. The number of carbonyl (C=O) groups is 1. The Morgan fingerprint density at radius 3 is 2.79 bits per heavy atom. The second-order valence-corrected chi connectivity index (χ2v) is 8.24. The van der Waals surface area contributed by atoms with Gasteiger partial charge in [0.25, 0.3) is 0 Å². The van der Waals surface area contributed by atoms with Gasteiger partial charge in [0.2, 0.25) is 5.78 Å². The molecule has 0 spiro atoms. The van der Waals surface area contributed by atoms with Crippen molar-refractivity contribution in [2.45, 2.75) is 37.9 Å². The zero-order valence-corrected chi connectivity index (χ0v) is 19.0. The predicted octanol–water partition coefficient (Wildman–Crippen LogP) is 3.41. The Labute approximate surface area is 197 Å². The smallest absolute Gasteiger partial charge is 0.207 e. The summed E-state index contributed by atoms with van der Waals surface area (Å²) >= 11 is 0. The molecule has 2 atom stereocenters. The number of rotatable bonds is 9. The van der Waals surface area contributed by atoms with Crippen molar-refractivity contribution in [3.8, 4) is 17.2 Å². The molecule has 3 aromatic rings. The van der Waals surface area contributed by atoms with Crippen molar-refractivity contribution in [2.75, 3.05) is 25.6 Å². The molecule has 0 aliphatic carbocycles. The number of nitrogens with zero attached hydrogens (tertiary/aromatic N) is 4. The number of anilines is 1. The van der Waals surface area contributed by atoms with Crippen LogP contribution in [0.3, 0.4) is 0 Å². The van der Waals surface area contributed by atoms with Gasteiger partial charge in [-0.1, -0.05) is 18.6 Å². The van der Waals surface area contributed by atoms with Crippen LogP contribution in [-0.2, 0) is 11.3 Å². The molecule has 176 valence electrons. The first kappa shape index (κ1) is 23.5. The second kappa shape index (κ2) is 11.0. The fourth-order valence-corrected chi connectivity index (χ4v) is 4.11. The largest absolute Gasteiger partial charge is 0.383 e. The summed E-state index contributed by atoms with van der Waals surface area (Å²) in [5.41, 5.74) is 2.10. The zero-order chi connectivity index (χ0) is 23.9. The van der Waals surface area contributed by atoms with E-state index in [0.29, 0.717) is 41.4 Å². The number of pyridine rings is 1. The minimum absolute atomic E-state index is 0.108. The number of hydrogen-bond donors (Lipinski definition) is 2. The Bertz CT molecular complexity index is 1150. The van der Waals surface area contributed by atoms with Gasteiger partial charge in [-0.15, -0.1) is 0 Å². The first-order valence-electron chi connectivity index (χ1n) is 11.3. The van der Waals surface area contributed by atoms with Crippen molar-refractivity contribution in [3.05, 3.63) is 65.9 Å². The van der Waals surface area contributed by atoms with E-state index < -0.39 is 6.04 Å². The molecule has 1 saturated heterocycles.